The minimum absolute atomic E-state index is 0.263. The first-order valence-corrected chi connectivity index (χ1v) is 6.21. The number of hydrogen-bond acceptors (Lipinski definition) is 4. The van der Waals surface area contributed by atoms with Gasteiger partial charge in [0.15, 0.2) is 5.82 Å². The van der Waals surface area contributed by atoms with Gasteiger partial charge in [0.2, 0.25) is 0 Å². The molecule has 100 valence electrons. The Hall–Kier alpha value is -2.01. The molecule has 0 aliphatic rings. The maximum Gasteiger partial charge on any atom is 0.151 e. The van der Waals surface area contributed by atoms with Crippen molar-refractivity contribution in [3.8, 4) is 0 Å². The molecule has 1 N–H and O–H groups in total. The highest BCUT2D eigenvalue weighted by atomic mass is 19.1. The lowest BCUT2D eigenvalue weighted by Crippen LogP contribution is -2.15. The molecule has 1 heterocycles. The fourth-order valence-corrected chi connectivity index (χ4v) is 1.68. The van der Waals surface area contributed by atoms with Gasteiger partial charge in [-0.1, -0.05) is 13.0 Å². The molecule has 0 saturated carbocycles. The predicted octanol–water partition coefficient (Wildman–Crippen LogP) is 2.49. The highest BCUT2D eigenvalue weighted by Gasteiger charge is 2.06. The molecule has 0 amide bonds. The highest BCUT2D eigenvalue weighted by Crippen LogP contribution is 2.21. The quantitative estimate of drug-likeness (QED) is 0.896. The van der Waals surface area contributed by atoms with E-state index in [-0.39, 0.29) is 5.82 Å². The maximum absolute atomic E-state index is 13.2. The van der Waals surface area contributed by atoms with Crippen molar-refractivity contribution in [2.75, 3.05) is 18.5 Å². The first-order chi connectivity index (χ1) is 9.20. The average Bonchev–Trinajstić information content (AvgIpc) is 2.45. The van der Waals surface area contributed by atoms with Crippen molar-refractivity contribution >= 4 is 11.5 Å². The first kappa shape index (κ1) is 13.4. The molecule has 0 saturated heterocycles. The van der Waals surface area contributed by atoms with E-state index < -0.39 is 0 Å². The molecule has 1 aromatic carbocycles. The maximum atomic E-state index is 13.2. The SMILES string of the molecule is CCNCc1cnc(N(C)c2cccc(F)c2)cn1. The molecule has 0 unspecified atom stereocenters. The number of nitrogens with zero attached hydrogens (tertiary/aromatic N) is 3. The van der Waals surface area contributed by atoms with E-state index in [1.54, 1.807) is 23.4 Å². The lowest BCUT2D eigenvalue weighted by atomic mass is 10.3. The van der Waals surface area contributed by atoms with Crippen LogP contribution in [0, 0.1) is 5.82 Å². The average molecular weight is 260 g/mol. The number of aromatic nitrogens is 2. The van der Waals surface area contributed by atoms with Crippen LogP contribution in [0.3, 0.4) is 0 Å². The minimum atomic E-state index is -0.263. The van der Waals surface area contributed by atoms with E-state index in [9.17, 15) is 4.39 Å². The molecular weight excluding hydrogens is 243 g/mol. The summed E-state index contributed by atoms with van der Waals surface area (Å²) in [5, 5.41) is 3.19. The van der Waals surface area contributed by atoms with Gasteiger partial charge in [0, 0.05) is 19.3 Å². The van der Waals surface area contributed by atoms with Gasteiger partial charge >= 0.3 is 0 Å². The summed E-state index contributed by atoms with van der Waals surface area (Å²) in [6, 6.07) is 6.39. The van der Waals surface area contributed by atoms with Gasteiger partial charge in [-0.2, -0.15) is 0 Å². The van der Waals surface area contributed by atoms with Gasteiger partial charge in [-0.3, -0.25) is 4.98 Å². The lowest BCUT2D eigenvalue weighted by Gasteiger charge is -2.18. The smallest absolute Gasteiger partial charge is 0.151 e. The molecule has 0 radical (unpaired) electrons. The van der Waals surface area contributed by atoms with Gasteiger partial charge < -0.3 is 10.2 Å². The van der Waals surface area contributed by atoms with Crippen LogP contribution in [-0.2, 0) is 6.54 Å². The van der Waals surface area contributed by atoms with Crippen LogP contribution < -0.4 is 10.2 Å². The largest absolute Gasteiger partial charge is 0.328 e. The second-order valence-corrected chi connectivity index (χ2v) is 4.19. The van der Waals surface area contributed by atoms with Crippen LogP contribution in [-0.4, -0.2) is 23.6 Å². The van der Waals surface area contributed by atoms with Crippen molar-refractivity contribution in [3.05, 3.63) is 48.2 Å². The molecule has 4 nitrogen and oxygen atoms in total. The Balaban J connectivity index is 2.13. The second kappa shape index (κ2) is 6.24. The Morgan fingerprint density at radius 2 is 2.11 bits per heavy atom. The summed E-state index contributed by atoms with van der Waals surface area (Å²) >= 11 is 0. The third-order valence-electron chi connectivity index (χ3n) is 2.79. The fraction of sp³-hybridized carbons (Fsp3) is 0.286. The molecule has 0 bridgehead atoms. The normalized spacial score (nSPS) is 10.5. The highest BCUT2D eigenvalue weighted by molar-refractivity contribution is 5.58. The van der Waals surface area contributed by atoms with E-state index in [1.807, 2.05) is 20.0 Å². The van der Waals surface area contributed by atoms with Crippen LogP contribution in [0.5, 0.6) is 0 Å². The summed E-state index contributed by atoms with van der Waals surface area (Å²) in [7, 11) is 1.84. The number of rotatable bonds is 5. The van der Waals surface area contributed by atoms with Crippen molar-refractivity contribution in [2.45, 2.75) is 13.5 Å². The van der Waals surface area contributed by atoms with Gasteiger partial charge in [-0.15, -0.1) is 0 Å². The Bertz CT molecular complexity index is 527. The molecule has 5 heteroatoms. The van der Waals surface area contributed by atoms with Crippen molar-refractivity contribution < 1.29 is 4.39 Å². The van der Waals surface area contributed by atoms with Gasteiger partial charge in [0.25, 0.3) is 0 Å². The zero-order valence-corrected chi connectivity index (χ0v) is 11.1. The summed E-state index contributed by atoms with van der Waals surface area (Å²) in [6.07, 6.45) is 3.42. The monoisotopic (exact) mass is 260 g/mol. The Labute approximate surface area is 112 Å². The molecule has 2 rings (SSSR count). The predicted molar refractivity (Wildman–Crippen MR) is 73.9 cm³/mol. The van der Waals surface area contributed by atoms with Crippen LogP contribution in [0.15, 0.2) is 36.7 Å². The topological polar surface area (TPSA) is 41.1 Å². The van der Waals surface area contributed by atoms with Crippen LogP contribution in [0.1, 0.15) is 12.6 Å². The molecule has 0 fully saturated rings. The van der Waals surface area contributed by atoms with E-state index >= 15 is 0 Å². The molecule has 0 aliphatic carbocycles. The third kappa shape index (κ3) is 3.48. The number of halogens is 1. The Morgan fingerprint density at radius 3 is 2.74 bits per heavy atom. The number of benzene rings is 1. The minimum Gasteiger partial charge on any atom is -0.328 e. The summed E-state index contributed by atoms with van der Waals surface area (Å²) in [4.78, 5) is 10.5. The Kier molecular flexibility index (Phi) is 4.41. The molecule has 0 atom stereocenters. The summed E-state index contributed by atoms with van der Waals surface area (Å²) in [6.45, 7) is 3.64. The molecule has 19 heavy (non-hydrogen) atoms. The molecule has 0 spiro atoms. The zero-order chi connectivity index (χ0) is 13.7. The van der Waals surface area contributed by atoms with Crippen LogP contribution in [0.2, 0.25) is 0 Å². The number of hydrogen-bond donors (Lipinski definition) is 1. The zero-order valence-electron chi connectivity index (χ0n) is 11.1. The van der Waals surface area contributed by atoms with Crippen molar-refractivity contribution in [1.82, 2.24) is 15.3 Å². The van der Waals surface area contributed by atoms with Crippen molar-refractivity contribution in [3.63, 3.8) is 0 Å². The van der Waals surface area contributed by atoms with Crippen molar-refractivity contribution in [2.24, 2.45) is 0 Å². The molecule has 1 aromatic heterocycles. The summed E-state index contributed by atoms with van der Waals surface area (Å²) in [5.41, 5.74) is 1.63. The van der Waals surface area contributed by atoms with E-state index in [0.717, 1.165) is 17.9 Å². The molecule has 0 aliphatic heterocycles. The molecular formula is C14H17FN4. The van der Waals surface area contributed by atoms with Gasteiger partial charge in [-0.25, -0.2) is 9.37 Å². The number of nitrogens with one attached hydrogen (secondary N) is 1. The van der Waals surface area contributed by atoms with E-state index in [1.165, 1.54) is 12.1 Å². The van der Waals surface area contributed by atoms with E-state index in [2.05, 4.69) is 15.3 Å². The molecule has 2 aromatic rings. The standard InChI is InChI=1S/C14H17FN4/c1-3-16-8-12-9-18-14(10-17-12)19(2)13-6-4-5-11(15)7-13/h4-7,9-10,16H,3,8H2,1-2H3. The van der Waals surface area contributed by atoms with Gasteiger partial charge in [-0.05, 0) is 24.7 Å². The van der Waals surface area contributed by atoms with Crippen LogP contribution in [0.4, 0.5) is 15.9 Å². The second-order valence-electron chi connectivity index (χ2n) is 4.19. The fourth-order valence-electron chi connectivity index (χ4n) is 1.68. The van der Waals surface area contributed by atoms with Crippen LogP contribution >= 0.6 is 0 Å². The van der Waals surface area contributed by atoms with Crippen LogP contribution in [0.25, 0.3) is 0 Å². The lowest BCUT2D eigenvalue weighted by molar-refractivity contribution is 0.628. The van der Waals surface area contributed by atoms with Gasteiger partial charge in [0.1, 0.15) is 5.82 Å². The third-order valence-corrected chi connectivity index (χ3v) is 2.79. The van der Waals surface area contributed by atoms with E-state index in [0.29, 0.717) is 12.4 Å². The van der Waals surface area contributed by atoms with Crippen molar-refractivity contribution in [1.29, 1.82) is 0 Å². The first-order valence-electron chi connectivity index (χ1n) is 6.21. The summed E-state index contributed by atoms with van der Waals surface area (Å²) < 4.78 is 13.2. The Morgan fingerprint density at radius 1 is 1.26 bits per heavy atom. The number of anilines is 2. The van der Waals surface area contributed by atoms with Gasteiger partial charge in [0.05, 0.1) is 18.1 Å². The summed E-state index contributed by atoms with van der Waals surface area (Å²) in [5.74, 6) is 0.423. The van der Waals surface area contributed by atoms with E-state index in [4.69, 9.17) is 0 Å².